The van der Waals surface area contributed by atoms with Crippen LogP contribution in [0.15, 0.2) is 12.1 Å². The Labute approximate surface area is 106 Å². The van der Waals surface area contributed by atoms with Crippen molar-refractivity contribution >= 4 is 17.3 Å². The Hall–Kier alpha value is -1.98. The van der Waals surface area contributed by atoms with Gasteiger partial charge in [0.2, 0.25) is 5.91 Å². The lowest BCUT2D eigenvalue weighted by molar-refractivity contribution is -0.128. The monoisotopic (exact) mass is 255 g/mol. The molecule has 6 heteroatoms. The minimum Gasteiger partial charge on any atom is -0.494 e. The summed E-state index contributed by atoms with van der Waals surface area (Å²) in [6.45, 7) is 0.427. The van der Waals surface area contributed by atoms with Gasteiger partial charge in [0.05, 0.1) is 18.5 Å². The topological polar surface area (TPSA) is 67.6 Å². The Morgan fingerprint density at radius 2 is 2.17 bits per heavy atom. The Balaban J connectivity index is 2.65. The van der Waals surface area contributed by atoms with E-state index in [1.807, 2.05) is 0 Å². The van der Waals surface area contributed by atoms with E-state index in [1.54, 1.807) is 14.1 Å². The molecule has 0 unspecified atom stereocenters. The van der Waals surface area contributed by atoms with Crippen molar-refractivity contribution in [3.8, 4) is 5.75 Å². The van der Waals surface area contributed by atoms with Crippen LogP contribution in [0.2, 0.25) is 0 Å². The number of nitrogen functional groups attached to an aromatic ring is 1. The zero-order valence-electron chi connectivity index (χ0n) is 10.8. The molecule has 0 radical (unpaired) electrons. The van der Waals surface area contributed by atoms with E-state index in [-0.39, 0.29) is 17.3 Å². The molecule has 0 aliphatic rings. The number of carbonyl (C=O) groups is 1. The molecule has 0 spiro atoms. The number of rotatable bonds is 5. The molecule has 1 rings (SSSR count). The van der Waals surface area contributed by atoms with Crippen molar-refractivity contribution in [1.82, 2.24) is 4.90 Å². The molecular weight excluding hydrogens is 237 g/mol. The minimum atomic E-state index is -0.509. The van der Waals surface area contributed by atoms with Gasteiger partial charge < -0.3 is 20.7 Å². The first kappa shape index (κ1) is 14.1. The molecule has 0 bridgehead atoms. The molecule has 0 aliphatic carbocycles. The van der Waals surface area contributed by atoms with E-state index in [1.165, 1.54) is 24.1 Å². The van der Waals surface area contributed by atoms with Crippen molar-refractivity contribution in [1.29, 1.82) is 0 Å². The van der Waals surface area contributed by atoms with E-state index < -0.39 is 5.82 Å². The zero-order chi connectivity index (χ0) is 13.7. The summed E-state index contributed by atoms with van der Waals surface area (Å²) in [4.78, 5) is 12.9. The van der Waals surface area contributed by atoms with Crippen molar-refractivity contribution < 1.29 is 13.9 Å². The highest BCUT2D eigenvalue weighted by molar-refractivity contribution is 5.76. The molecule has 0 atom stereocenters. The molecule has 5 nitrogen and oxygen atoms in total. The number of nitrogens with zero attached hydrogens (tertiary/aromatic N) is 1. The van der Waals surface area contributed by atoms with Crippen molar-refractivity contribution in [2.75, 3.05) is 38.8 Å². The van der Waals surface area contributed by atoms with Crippen LogP contribution in [0.25, 0.3) is 0 Å². The lowest BCUT2D eigenvalue weighted by Gasteiger charge is -2.13. The number of anilines is 2. The van der Waals surface area contributed by atoms with Gasteiger partial charge in [-0.15, -0.1) is 0 Å². The van der Waals surface area contributed by atoms with Gasteiger partial charge in [0.25, 0.3) is 0 Å². The molecule has 3 N–H and O–H groups in total. The van der Waals surface area contributed by atoms with Gasteiger partial charge in [-0.3, -0.25) is 4.79 Å². The lowest BCUT2D eigenvalue weighted by Crippen LogP contribution is -2.24. The summed E-state index contributed by atoms with van der Waals surface area (Å²) < 4.78 is 18.2. The highest BCUT2D eigenvalue weighted by Gasteiger charge is 2.09. The van der Waals surface area contributed by atoms with Crippen LogP contribution >= 0.6 is 0 Å². The molecule has 18 heavy (non-hydrogen) atoms. The van der Waals surface area contributed by atoms with Gasteiger partial charge in [-0.1, -0.05) is 0 Å². The summed E-state index contributed by atoms with van der Waals surface area (Å²) in [5.41, 5.74) is 6.51. The fourth-order valence-electron chi connectivity index (χ4n) is 1.41. The summed E-state index contributed by atoms with van der Waals surface area (Å²) in [5, 5.41) is 2.98. The second kappa shape index (κ2) is 6.09. The zero-order valence-corrected chi connectivity index (χ0v) is 10.8. The number of ether oxygens (including phenoxy) is 1. The smallest absolute Gasteiger partial charge is 0.223 e. The quantitative estimate of drug-likeness (QED) is 0.778. The van der Waals surface area contributed by atoms with E-state index in [0.29, 0.717) is 18.7 Å². The van der Waals surface area contributed by atoms with Crippen molar-refractivity contribution in [2.24, 2.45) is 0 Å². The van der Waals surface area contributed by atoms with Crippen molar-refractivity contribution in [3.63, 3.8) is 0 Å². The summed E-state index contributed by atoms with van der Waals surface area (Å²) in [6.07, 6.45) is 0.339. The predicted molar refractivity (Wildman–Crippen MR) is 69.2 cm³/mol. The largest absolute Gasteiger partial charge is 0.494 e. The van der Waals surface area contributed by atoms with Crippen LogP contribution in [-0.4, -0.2) is 38.6 Å². The molecule has 0 heterocycles. The standard InChI is InChI=1S/C12H18FN3O2/c1-16(2)12(17)4-5-15-10-7-11(18-3)8(13)6-9(10)14/h6-7,15H,4-5,14H2,1-3H3. The molecule has 1 amide bonds. The molecule has 1 aromatic carbocycles. The van der Waals surface area contributed by atoms with E-state index in [4.69, 9.17) is 10.5 Å². The molecule has 0 aliphatic heterocycles. The van der Waals surface area contributed by atoms with Gasteiger partial charge >= 0.3 is 0 Å². The summed E-state index contributed by atoms with van der Waals surface area (Å²) in [7, 11) is 4.77. The van der Waals surface area contributed by atoms with E-state index in [2.05, 4.69) is 5.32 Å². The third kappa shape index (κ3) is 3.51. The number of nitrogens with two attached hydrogens (primary N) is 1. The van der Waals surface area contributed by atoms with Crippen LogP contribution in [-0.2, 0) is 4.79 Å². The third-order valence-corrected chi connectivity index (χ3v) is 2.48. The van der Waals surface area contributed by atoms with Crippen LogP contribution in [0.1, 0.15) is 6.42 Å². The van der Waals surface area contributed by atoms with Crippen molar-refractivity contribution in [3.05, 3.63) is 17.9 Å². The maximum atomic E-state index is 13.3. The first-order chi connectivity index (χ1) is 8.45. The molecule has 1 aromatic rings. The molecular formula is C12H18FN3O2. The summed E-state index contributed by atoms with van der Waals surface area (Å²) in [5.74, 6) is -0.384. The lowest BCUT2D eigenvalue weighted by atomic mass is 10.2. The average Bonchev–Trinajstić information content (AvgIpc) is 2.31. The molecule has 100 valence electrons. The number of hydrogen-bond acceptors (Lipinski definition) is 4. The Morgan fingerprint density at radius 1 is 1.50 bits per heavy atom. The van der Waals surface area contributed by atoms with Crippen LogP contribution in [0.3, 0.4) is 0 Å². The number of benzene rings is 1. The van der Waals surface area contributed by atoms with Gasteiger partial charge in [-0.2, -0.15) is 0 Å². The molecule has 0 aromatic heterocycles. The maximum absolute atomic E-state index is 13.3. The highest BCUT2D eigenvalue weighted by Crippen LogP contribution is 2.27. The van der Waals surface area contributed by atoms with Gasteiger partial charge in [-0.25, -0.2) is 4.39 Å². The normalized spacial score (nSPS) is 10.0. The number of amides is 1. The van der Waals surface area contributed by atoms with Crippen LogP contribution < -0.4 is 15.8 Å². The Morgan fingerprint density at radius 3 is 2.72 bits per heavy atom. The number of methoxy groups -OCH3 is 1. The summed E-state index contributed by atoms with van der Waals surface area (Å²) in [6, 6.07) is 2.67. The molecule has 0 saturated carbocycles. The van der Waals surface area contributed by atoms with E-state index >= 15 is 0 Å². The fraction of sp³-hybridized carbons (Fsp3) is 0.417. The molecule has 0 saturated heterocycles. The number of nitrogens with one attached hydrogen (secondary N) is 1. The van der Waals surface area contributed by atoms with Gasteiger partial charge in [0.15, 0.2) is 11.6 Å². The second-order valence-corrected chi connectivity index (χ2v) is 4.04. The van der Waals surface area contributed by atoms with Crippen LogP contribution in [0.4, 0.5) is 15.8 Å². The first-order valence-corrected chi connectivity index (χ1v) is 5.52. The number of carbonyl (C=O) groups excluding carboxylic acids is 1. The third-order valence-electron chi connectivity index (χ3n) is 2.48. The Bertz CT molecular complexity index is 436. The maximum Gasteiger partial charge on any atom is 0.223 e. The van der Waals surface area contributed by atoms with Crippen molar-refractivity contribution in [2.45, 2.75) is 6.42 Å². The number of halogens is 1. The van der Waals surface area contributed by atoms with E-state index in [0.717, 1.165) is 0 Å². The second-order valence-electron chi connectivity index (χ2n) is 4.04. The highest BCUT2D eigenvalue weighted by atomic mass is 19.1. The van der Waals surface area contributed by atoms with Crippen LogP contribution in [0.5, 0.6) is 5.75 Å². The fourth-order valence-corrected chi connectivity index (χ4v) is 1.41. The van der Waals surface area contributed by atoms with Crippen LogP contribution in [0, 0.1) is 5.82 Å². The van der Waals surface area contributed by atoms with Gasteiger partial charge in [-0.05, 0) is 0 Å². The predicted octanol–water partition coefficient (Wildman–Crippen LogP) is 1.31. The Kier molecular flexibility index (Phi) is 4.76. The molecule has 0 fully saturated rings. The summed E-state index contributed by atoms with van der Waals surface area (Å²) >= 11 is 0. The average molecular weight is 255 g/mol. The minimum absolute atomic E-state index is 0.00940. The first-order valence-electron chi connectivity index (χ1n) is 5.52. The SMILES string of the molecule is COc1cc(NCCC(=O)N(C)C)c(N)cc1F. The number of hydrogen-bond donors (Lipinski definition) is 2. The van der Waals surface area contributed by atoms with Gasteiger partial charge in [0.1, 0.15) is 0 Å². The van der Waals surface area contributed by atoms with Gasteiger partial charge in [0, 0.05) is 39.2 Å². The van der Waals surface area contributed by atoms with E-state index in [9.17, 15) is 9.18 Å².